The second-order valence-corrected chi connectivity index (χ2v) is 5.92. The molecule has 0 atom stereocenters. The standard InChI is InChI=1S/C20H26FN3O2.HI/c1-4-22-20(23-12-15-9-10-18(21)17(11-15)14-25)24(2)13-16-7-5-6-8-19(16)26-3;/h5-11,25H,4,12-14H2,1-3H3,(H,22,23);1H. The van der Waals surface area contributed by atoms with Gasteiger partial charge in [0.05, 0.1) is 20.3 Å². The fourth-order valence-electron chi connectivity index (χ4n) is 2.65. The number of guanidine groups is 1. The molecule has 0 saturated heterocycles. The Morgan fingerprint density at radius 2 is 1.96 bits per heavy atom. The Kier molecular flexibility index (Phi) is 10.1. The van der Waals surface area contributed by atoms with Gasteiger partial charge in [-0.25, -0.2) is 9.38 Å². The molecule has 0 amide bonds. The van der Waals surface area contributed by atoms with Gasteiger partial charge in [-0.2, -0.15) is 0 Å². The lowest BCUT2D eigenvalue weighted by Gasteiger charge is -2.23. The number of para-hydroxylation sites is 1. The van der Waals surface area contributed by atoms with Gasteiger partial charge < -0.3 is 20.1 Å². The fourth-order valence-corrected chi connectivity index (χ4v) is 2.65. The number of benzene rings is 2. The molecule has 2 aromatic rings. The van der Waals surface area contributed by atoms with Crippen molar-refractivity contribution in [1.29, 1.82) is 0 Å². The molecule has 0 saturated carbocycles. The molecular formula is C20H27FIN3O2. The molecular weight excluding hydrogens is 460 g/mol. The molecule has 0 aliphatic carbocycles. The molecule has 0 spiro atoms. The third kappa shape index (κ3) is 6.66. The number of ether oxygens (including phenoxy) is 1. The number of nitrogens with zero attached hydrogens (tertiary/aromatic N) is 2. The summed E-state index contributed by atoms with van der Waals surface area (Å²) < 4.78 is 18.9. The van der Waals surface area contributed by atoms with Crippen molar-refractivity contribution in [2.45, 2.75) is 26.6 Å². The van der Waals surface area contributed by atoms with E-state index in [0.29, 0.717) is 13.1 Å². The quantitative estimate of drug-likeness (QED) is 0.357. The third-order valence-corrected chi connectivity index (χ3v) is 3.99. The van der Waals surface area contributed by atoms with E-state index in [2.05, 4.69) is 10.3 Å². The van der Waals surface area contributed by atoms with Crippen molar-refractivity contribution < 1.29 is 14.2 Å². The van der Waals surface area contributed by atoms with Crippen LogP contribution in [-0.2, 0) is 19.7 Å². The maximum Gasteiger partial charge on any atom is 0.194 e. The van der Waals surface area contributed by atoms with Crippen LogP contribution < -0.4 is 10.1 Å². The van der Waals surface area contributed by atoms with Crippen molar-refractivity contribution in [3.05, 3.63) is 65.0 Å². The van der Waals surface area contributed by atoms with E-state index in [0.717, 1.165) is 29.4 Å². The summed E-state index contributed by atoms with van der Waals surface area (Å²) in [5.41, 5.74) is 2.19. The smallest absolute Gasteiger partial charge is 0.194 e. The van der Waals surface area contributed by atoms with E-state index in [9.17, 15) is 9.50 Å². The second kappa shape index (κ2) is 11.8. The van der Waals surface area contributed by atoms with Crippen molar-refractivity contribution in [3.8, 4) is 5.75 Å². The minimum atomic E-state index is -0.402. The summed E-state index contributed by atoms with van der Waals surface area (Å²) in [6.45, 7) is 3.46. The van der Waals surface area contributed by atoms with Crippen molar-refractivity contribution in [2.24, 2.45) is 4.99 Å². The number of hydrogen-bond donors (Lipinski definition) is 2. The summed E-state index contributed by atoms with van der Waals surface area (Å²) in [5, 5.41) is 12.5. The molecule has 7 heteroatoms. The van der Waals surface area contributed by atoms with E-state index < -0.39 is 5.82 Å². The molecule has 0 aromatic heterocycles. The van der Waals surface area contributed by atoms with Gasteiger partial charge in [0.25, 0.3) is 0 Å². The average molecular weight is 487 g/mol. The van der Waals surface area contributed by atoms with Crippen LogP contribution in [0.5, 0.6) is 5.75 Å². The molecule has 2 rings (SSSR count). The van der Waals surface area contributed by atoms with Crippen LogP contribution in [0.1, 0.15) is 23.6 Å². The Balaban J connectivity index is 0.00000364. The summed E-state index contributed by atoms with van der Waals surface area (Å²) in [7, 11) is 3.61. The summed E-state index contributed by atoms with van der Waals surface area (Å²) in [6.07, 6.45) is 0. The zero-order valence-corrected chi connectivity index (χ0v) is 18.2. The first kappa shape index (κ1) is 23.2. The van der Waals surface area contributed by atoms with E-state index >= 15 is 0 Å². The molecule has 0 aliphatic rings. The van der Waals surface area contributed by atoms with Gasteiger partial charge in [-0.1, -0.05) is 24.3 Å². The Bertz CT molecular complexity index is 756. The van der Waals surface area contributed by atoms with Gasteiger partial charge in [0.2, 0.25) is 0 Å². The largest absolute Gasteiger partial charge is 0.496 e. The van der Waals surface area contributed by atoms with Crippen LogP contribution in [0.3, 0.4) is 0 Å². The first-order valence-electron chi connectivity index (χ1n) is 8.58. The summed E-state index contributed by atoms with van der Waals surface area (Å²) >= 11 is 0. The Hall–Kier alpha value is -1.87. The SMILES string of the molecule is CCNC(=NCc1ccc(F)c(CO)c1)N(C)Cc1ccccc1OC.I. The number of methoxy groups -OCH3 is 1. The predicted molar refractivity (Wildman–Crippen MR) is 117 cm³/mol. The van der Waals surface area contributed by atoms with Crippen LogP contribution >= 0.6 is 24.0 Å². The van der Waals surface area contributed by atoms with Crippen molar-refractivity contribution >= 4 is 29.9 Å². The summed E-state index contributed by atoms with van der Waals surface area (Å²) in [5.74, 6) is 1.18. The van der Waals surface area contributed by atoms with E-state index in [-0.39, 0.29) is 36.1 Å². The number of aliphatic imine (C=N–C) groups is 1. The molecule has 0 heterocycles. The Morgan fingerprint density at radius 1 is 1.22 bits per heavy atom. The maximum atomic E-state index is 13.5. The van der Waals surface area contributed by atoms with E-state index in [1.807, 2.05) is 43.1 Å². The van der Waals surface area contributed by atoms with Crippen LogP contribution in [-0.4, -0.2) is 36.7 Å². The zero-order chi connectivity index (χ0) is 18.9. The van der Waals surface area contributed by atoms with Gasteiger partial charge in [-0.3, -0.25) is 0 Å². The Labute approximate surface area is 177 Å². The van der Waals surface area contributed by atoms with E-state index in [1.165, 1.54) is 6.07 Å². The predicted octanol–water partition coefficient (Wildman–Crippen LogP) is 3.54. The van der Waals surface area contributed by atoms with Gasteiger partial charge in [0, 0.05) is 31.3 Å². The van der Waals surface area contributed by atoms with Gasteiger partial charge >= 0.3 is 0 Å². The van der Waals surface area contributed by atoms with E-state index in [1.54, 1.807) is 19.2 Å². The number of aliphatic hydroxyl groups excluding tert-OH is 1. The maximum absolute atomic E-state index is 13.5. The van der Waals surface area contributed by atoms with Crippen LogP contribution in [0.4, 0.5) is 4.39 Å². The summed E-state index contributed by atoms with van der Waals surface area (Å²) in [6, 6.07) is 12.6. The normalized spacial score (nSPS) is 10.9. The highest BCUT2D eigenvalue weighted by molar-refractivity contribution is 14.0. The number of nitrogens with one attached hydrogen (secondary N) is 1. The van der Waals surface area contributed by atoms with Gasteiger partial charge in [-0.15, -0.1) is 24.0 Å². The third-order valence-electron chi connectivity index (χ3n) is 3.99. The number of aliphatic hydroxyl groups is 1. The summed E-state index contributed by atoms with van der Waals surface area (Å²) in [4.78, 5) is 6.64. The van der Waals surface area contributed by atoms with Crippen LogP contribution in [0.2, 0.25) is 0 Å². The number of rotatable bonds is 7. The monoisotopic (exact) mass is 487 g/mol. The lowest BCUT2D eigenvalue weighted by molar-refractivity contribution is 0.275. The highest BCUT2D eigenvalue weighted by Gasteiger charge is 2.10. The topological polar surface area (TPSA) is 57.1 Å². The lowest BCUT2D eigenvalue weighted by atomic mass is 10.1. The molecule has 2 N–H and O–H groups in total. The molecule has 27 heavy (non-hydrogen) atoms. The zero-order valence-electron chi connectivity index (χ0n) is 15.9. The minimum Gasteiger partial charge on any atom is -0.496 e. The lowest BCUT2D eigenvalue weighted by Crippen LogP contribution is -2.38. The first-order chi connectivity index (χ1) is 12.6. The molecule has 0 unspecified atom stereocenters. The van der Waals surface area contributed by atoms with Gasteiger partial charge in [0.1, 0.15) is 11.6 Å². The number of hydrogen-bond acceptors (Lipinski definition) is 3. The molecule has 0 bridgehead atoms. The van der Waals surface area contributed by atoms with Gasteiger partial charge in [0.15, 0.2) is 5.96 Å². The van der Waals surface area contributed by atoms with Crippen molar-refractivity contribution in [2.75, 3.05) is 20.7 Å². The van der Waals surface area contributed by atoms with Crippen LogP contribution in [0.15, 0.2) is 47.5 Å². The highest BCUT2D eigenvalue weighted by atomic mass is 127. The minimum absolute atomic E-state index is 0. The fraction of sp³-hybridized carbons (Fsp3) is 0.350. The Morgan fingerprint density at radius 3 is 2.63 bits per heavy atom. The average Bonchev–Trinajstić information content (AvgIpc) is 2.66. The number of halogens is 2. The van der Waals surface area contributed by atoms with E-state index in [4.69, 9.17) is 4.74 Å². The molecule has 0 aliphatic heterocycles. The molecule has 148 valence electrons. The molecule has 2 aromatic carbocycles. The molecule has 5 nitrogen and oxygen atoms in total. The highest BCUT2D eigenvalue weighted by Crippen LogP contribution is 2.19. The first-order valence-corrected chi connectivity index (χ1v) is 8.58. The van der Waals surface area contributed by atoms with Crippen LogP contribution in [0.25, 0.3) is 0 Å². The van der Waals surface area contributed by atoms with Crippen molar-refractivity contribution in [3.63, 3.8) is 0 Å². The van der Waals surface area contributed by atoms with Gasteiger partial charge in [-0.05, 0) is 30.7 Å². The van der Waals surface area contributed by atoms with Crippen LogP contribution in [0, 0.1) is 5.82 Å². The molecule has 0 fully saturated rings. The molecule has 0 radical (unpaired) electrons. The van der Waals surface area contributed by atoms with Crippen molar-refractivity contribution in [1.82, 2.24) is 10.2 Å². The second-order valence-electron chi connectivity index (χ2n) is 5.92.